The minimum absolute atomic E-state index is 0. The van der Waals surface area contributed by atoms with Crippen LogP contribution >= 0.6 is 0 Å². The number of hydrogen-bond donors (Lipinski definition) is 0. The summed E-state index contributed by atoms with van der Waals surface area (Å²) in [5, 5.41) is 23.9. The van der Waals surface area contributed by atoms with E-state index in [1.54, 1.807) is 14.2 Å². The third-order valence-corrected chi connectivity index (χ3v) is 14.4. The Morgan fingerprint density at radius 3 is 1.13 bits per heavy atom. The van der Waals surface area contributed by atoms with Crippen LogP contribution < -0.4 is 108 Å². The van der Waals surface area contributed by atoms with Gasteiger partial charge in [-0.15, -0.1) is 0 Å². The number of aliphatic carboxylic acids is 2. The first-order valence-electron chi connectivity index (χ1n) is 25.7. The van der Waals surface area contributed by atoms with Gasteiger partial charge in [-0.3, -0.25) is 0 Å². The molecule has 4 aliphatic rings. The Kier molecular flexibility index (Phi) is 25.6. The zero-order valence-corrected chi connectivity index (χ0v) is 52.1. The van der Waals surface area contributed by atoms with Gasteiger partial charge >= 0.3 is 71.5 Å². The number of alkyl halides is 6. The Balaban J connectivity index is 0.000000352. The van der Waals surface area contributed by atoms with Crippen LogP contribution in [0, 0.1) is 11.6 Å². The Labute approximate surface area is 539 Å². The smallest absolute Gasteiger partial charge is 0.550 e. The van der Waals surface area contributed by atoms with Crippen molar-refractivity contribution in [1.29, 1.82) is 0 Å². The number of fused-ring (bicyclic) bond motifs is 2. The average molecular weight is 1240 g/mol. The van der Waals surface area contributed by atoms with E-state index in [0.29, 0.717) is 63.9 Å². The molecule has 2 atom stereocenters. The first-order valence-corrected chi connectivity index (χ1v) is 25.7. The van der Waals surface area contributed by atoms with Gasteiger partial charge in [-0.25, -0.2) is 18.8 Å². The Morgan fingerprint density at radius 2 is 0.816 bits per heavy atom. The molecule has 0 radical (unpaired) electrons. The molecule has 0 aromatic heterocycles. The number of guanidine groups is 2. The number of rotatable bonds is 12. The van der Waals surface area contributed by atoms with E-state index in [1.807, 2.05) is 58.3 Å². The zero-order chi connectivity index (χ0) is 58.6. The first kappa shape index (κ1) is 72.4. The molecular formula is C58H60F8N8Na2O11. The molecule has 0 aliphatic carbocycles. The standard InChI is InChI=1S/2C29H28F4N4O4.2Na.3H2O/c2*1-40-20-6-3-5-19(16-20)35-11-13-36(14-12-35)28-34-27-21(7-4-8-22(27)30)23(17-26(38)39)37(28)24-15-18(29(31,32)33)9-10-25(24)41-2;;;;;/h2*3-10,15-16,23H,11-14,17H2,1-2H3,(H,38,39);;;3*1H2/q;;2*+1;;;/p-2/t2*23-;;;;;/m00...../s1. The number of methoxy groups -OCH3 is 4. The van der Waals surface area contributed by atoms with Crippen molar-refractivity contribution in [3.05, 3.63) is 155 Å². The molecule has 2 fully saturated rings. The Morgan fingerprint density at radius 1 is 0.483 bits per heavy atom. The topological polar surface area (TPSA) is 256 Å². The summed E-state index contributed by atoms with van der Waals surface area (Å²) in [6.45, 7) is 3.52. The number of para-hydroxylation sites is 2. The van der Waals surface area contributed by atoms with E-state index in [4.69, 9.17) is 18.9 Å². The molecule has 6 aromatic rings. The van der Waals surface area contributed by atoms with Crippen LogP contribution in [0.15, 0.2) is 131 Å². The average Bonchev–Trinajstić information content (AvgIpc) is 0.821. The van der Waals surface area contributed by atoms with Crippen molar-refractivity contribution in [3.8, 4) is 23.0 Å². The van der Waals surface area contributed by atoms with Crippen molar-refractivity contribution in [2.45, 2.75) is 37.3 Å². The maximum absolute atomic E-state index is 15.1. The number of hydrogen-bond acceptors (Lipinski definition) is 16. The number of carboxylic acids is 2. The SMILES string of the molecule is COc1cccc(N2CCN(C3=Nc4c(F)cccc4[C@H](CC(=O)[O-])N3c3cc(C(F)(F)F)ccc3OC)CC2)c1.COc1cccc(N2CCN(C3=Nc4c(F)cccc4[C@H](CC(=O)[O-])N3c3cc(C(F)(F)F)ccc3OC)CC2)c1.O.O.O.[Na+].[Na+]. The maximum atomic E-state index is 15.1. The second-order valence-electron chi connectivity index (χ2n) is 19.2. The number of nitrogens with zero attached hydrogens (tertiary/aromatic N) is 8. The van der Waals surface area contributed by atoms with Crippen molar-refractivity contribution >= 4 is 58.0 Å². The van der Waals surface area contributed by atoms with E-state index < -0.39 is 72.0 Å². The molecule has 2 saturated heterocycles. The molecule has 0 bridgehead atoms. The summed E-state index contributed by atoms with van der Waals surface area (Å²) >= 11 is 0. The number of aliphatic imine (C=N–C) groups is 2. The Bertz CT molecular complexity index is 3190. The summed E-state index contributed by atoms with van der Waals surface area (Å²) < 4.78 is 135. The number of piperazine rings is 2. The van der Waals surface area contributed by atoms with Gasteiger partial charge in [-0.05, 0) is 72.8 Å². The molecule has 0 unspecified atom stereocenters. The summed E-state index contributed by atoms with van der Waals surface area (Å²) in [5.74, 6) is -2.47. The monoisotopic (exact) mass is 1240 g/mol. The number of carbonyl (C=O) groups excluding carboxylic acids is 2. The van der Waals surface area contributed by atoms with E-state index in [0.717, 1.165) is 35.6 Å². The molecule has 0 saturated carbocycles. The van der Waals surface area contributed by atoms with Crippen LogP contribution in [0.1, 0.15) is 47.2 Å². The zero-order valence-electron chi connectivity index (χ0n) is 48.1. The summed E-state index contributed by atoms with van der Waals surface area (Å²) in [7, 11) is 5.77. The van der Waals surface area contributed by atoms with Crippen LogP contribution in [-0.4, -0.2) is 131 Å². The summed E-state index contributed by atoms with van der Waals surface area (Å²) in [5.41, 5.74) is 0.169. The van der Waals surface area contributed by atoms with Crippen LogP contribution in [0.5, 0.6) is 23.0 Å². The third-order valence-electron chi connectivity index (χ3n) is 14.4. The second-order valence-corrected chi connectivity index (χ2v) is 19.2. The molecule has 19 nitrogen and oxygen atoms in total. The molecule has 0 amide bonds. The van der Waals surface area contributed by atoms with Gasteiger partial charge in [0.15, 0.2) is 0 Å². The van der Waals surface area contributed by atoms with Gasteiger partial charge in [0, 0.05) is 112 Å². The number of ether oxygens (including phenoxy) is 4. The van der Waals surface area contributed by atoms with Gasteiger partial charge in [0.05, 0.1) is 63.0 Å². The van der Waals surface area contributed by atoms with Crippen LogP contribution in [0.4, 0.5) is 69.2 Å². The second kappa shape index (κ2) is 30.7. The Hall–Kier alpha value is -7.08. The van der Waals surface area contributed by atoms with Gasteiger partial charge < -0.3 is 84.6 Å². The summed E-state index contributed by atoms with van der Waals surface area (Å²) in [4.78, 5) is 43.7. The molecule has 4 heterocycles. The molecule has 4 aliphatic heterocycles. The molecule has 10 rings (SSSR count). The van der Waals surface area contributed by atoms with Crippen molar-refractivity contribution in [1.82, 2.24) is 9.80 Å². The van der Waals surface area contributed by atoms with Crippen molar-refractivity contribution in [2.24, 2.45) is 9.98 Å². The van der Waals surface area contributed by atoms with Crippen molar-refractivity contribution < 1.29 is 149 Å². The predicted octanol–water partition coefficient (Wildman–Crippen LogP) is 0.279. The van der Waals surface area contributed by atoms with Crippen LogP contribution in [-0.2, 0) is 21.9 Å². The summed E-state index contributed by atoms with van der Waals surface area (Å²) in [6.07, 6.45) is -10.6. The van der Waals surface area contributed by atoms with E-state index in [-0.39, 0.29) is 133 Å². The molecule has 6 N–H and O–H groups in total. The third kappa shape index (κ3) is 16.0. The van der Waals surface area contributed by atoms with Gasteiger partial charge in [0.1, 0.15) is 46.0 Å². The number of benzene rings is 6. The van der Waals surface area contributed by atoms with E-state index in [9.17, 15) is 46.1 Å². The number of halogens is 8. The van der Waals surface area contributed by atoms with Gasteiger partial charge in [0.25, 0.3) is 0 Å². The van der Waals surface area contributed by atoms with Crippen molar-refractivity contribution in [3.63, 3.8) is 0 Å². The number of carboxylic acid groups (broad SMARTS) is 2. The maximum Gasteiger partial charge on any atom is 1.00 e. The largest absolute Gasteiger partial charge is 1.00 e. The molecule has 87 heavy (non-hydrogen) atoms. The molecular weight excluding hydrogens is 1180 g/mol. The van der Waals surface area contributed by atoms with Gasteiger partial charge in [-0.2, -0.15) is 26.3 Å². The molecule has 6 aromatic carbocycles. The fraction of sp³-hybridized carbons (Fsp3) is 0.310. The van der Waals surface area contributed by atoms with Gasteiger partial charge in [-0.1, -0.05) is 36.4 Å². The first-order chi connectivity index (χ1) is 39.2. The minimum atomic E-state index is -4.68. The normalized spacial score (nSPS) is 16.2. The number of anilines is 4. The van der Waals surface area contributed by atoms with E-state index >= 15 is 8.78 Å². The van der Waals surface area contributed by atoms with Crippen LogP contribution in [0.25, 0.3) is 0 Å². The molecule has 456 valence electrons. The van der Waals surface area contributed by atoms with E-state index in [1.165, 1.54) is 72.6 Å². The van der Waals surface area contributed by atoms with Crippen LogP contribution in [0.3, 0.4) is 0 Å². The number of carbonyl (C=O) groups is 2. The fourth-order valence-corrected chi connectivity index (χ4v) is 10.5. The van der Waals surface area contributed by atoms with E-state index in [2.05, 4.69) is 19.8 Å². The predicted molar refractivity (Wildman–Crippen MR) is 297 cm³/mol. The summed E-state index contributed by atoms with van der Waals surface area (Å²) in [6, 6.07) is 27.0. The minimum Gasteiger partial charge on any atom is -0.550 e. The molecule has 0 spiro atoms. The van der Waals surface area contributed by atoms with Crippen molar-refractivity contribution in [2.75, 3.05) is 100 Å². The van der Waals surface area contributed by atoms with Crippen LogP contribution in [0.2, 0.25) is 0 Å². The van der Waals surface area contributed by atoms with Gasteiger partial charge in [0.2, 0.25) is 11.9 Å². The fourth-order valence-electron chi connectivity index (χ4n) is 10.5. The quantitative estimate of drug-likeness (QED) is 0.118. The molecule has 29 heteroatoms.